The molecule has 1 aliphatic rings. The average Bonchev–Trinajstić information content (AvgIpc) is 2.73. The maximum Gasteiger partial charge on any atom is 0.573 e. The van der Waals surface area contributed by atoms with E-state index in [-0.39, 0.29) is 11.1 Å². The van der Waals surface area contributed by atoms with E-state index in [0.717, 1.165) is 30.9 Å². The number of hydrogen-bond acceptors (Lipinski definition) is 5. The Morgan fingerprint density at radius 3 is 2.43 bits per heavy atom. The summed E-state index contributed by atoms with van der Waals surface area (Å²) < 4.78 is 46.9. The first kappa shape index (κ1) is 21.2. The highest BCUT2D eigenvalue weighted by Gasteiger charge is 2.32. The van der Waals surface area contributed by atoms with E-state index in [4.69, 9.17) is 4.74 Å². The molecule has 0 unspecified atom stereocenters. The van der Waals surface area contributed by atoms with Crippen molar-refractivity contribution in [1.29, 1.82) is 5.26 Å². The van der Waals surface area contributed by atoms with Gasteiger partial charge < -0.3 is 19.7 Å². The molecule has 1 N–H and O–H groups in total. The molecule has 3 rings (SSSR count). The Balaban J connectivity index is 1.73. The smallest absolute Gasteiger partial charge is 0.405 e. The number of nitrogens with zero attached hydrogens (tertiary/aromatic N) is 2. The van der Waals surface area contributed by atoms with Crippen LogP contribution in [0.3, 0.4) is 0 Å². The number of rotatable bonds is 5. The molecule has 0 aromatic heterocycles. The molecule has 0 bridgehead atoms. The summed E-state index contributed by atoms with van der Waals surface area (Å²) in [5.74, 6) is -1.24. The van der Waals surface area contributed by atoms with Crippen LogP contribution in [0.1, 0.15) is 5.56 Å². The third-order valence-electron chi connectivity index (χ3n) is 4.31. The molecular weight excluding hydrogens is 399 g/mol. The zero-order valence-corrected chi connectivity index (χ0v) is 15.8. The molecule has 30 heavy (non-hydrogen) atoms. The molecule has 0 radical (unpaired) electrons. The molecule has 156 valence electrons. The molecule has 1 fully saturated rings. The third-order valence-corrected chi connectivity index (χ3v) is 4.31. The lowest BCUT2D eigenvalue weighted by Crippen LogP contribution is -2.36. The number of carbonyl (C=O) groups is 1. The molecule has 2 aromatic carbocycles. The molecule has 0 spiro atoms. The van der Waals surface area contributed by atoms with Gasteiger partial charge in [0, 0.05) is 30.0 Å². The Morgan fingerprint density at radius 2 is 1.80 bits per heavy atom. The number of alkyl halides is 3. The predicted octanol–water partition coefficient (Wildman–Crippen LogP) is 3.97. The van der Waals surface area contributed by atoms with E-state index in [2.05, 4.69) is 15.0 Å². The number of anilines is 2. The summed E-state index contributed by atoms with van der Waals surface area (Å²) in [6.45, 7) is 2.83. The van der Waals surface area contributed by atoms with Gasteiger partial charge in [-0.2, -0.15) is 5.26 Å². The largest absolute Gasteiger partial charge is 0.573 e. The maximum absolute atomic E-state index is 12.6. The van der Waals surface area contributed by atoms with Crippen LogP contribution < -0.4 is 15.0 Å². The Labute approximate surface area is 171 Å². The summed E-state index contributed by atoms with van der Waals surface area (Å²) in [4.78, 5) is 14.6. The Bertz CT molecular complexity index is 960. The van der Waals surface area contributed by atoms with Gasteiger partial charge in [-0.15, -0.1) is 13.2 Å². The van der Waals surface area contributed by atoms with Gasteiger partial charge in [0.15, 0.2) is 0 Å². The second-order valence-corrected chi connectivity index (χ2v) is 6.36. The predicted molar refractivity (Wildman–Crippen MR) is 105 cm³/mol. The second kappa shape index (κ2) is 9.33. The van der Waals surface area contributed by atoms with Crippen molar-refractivity contribution in [3.63, 3.8) is 0 Å². The first-order valence-corrected chi connectivity index (χ1v) is 9.06. The van der Waals surface area contributed by atoms with Crippen LogP contribution in [0, 0.1) is 11.3 Å². The fraction of sp³-hybridized carbons (Fsp3) is 0.238. The number of para-hydroxylation sites is 1. The average molecular weight is 417 g/mol. The van der Waals surface area contributed by atoms with E-state index in [1.165, 1.54) is 18.2 Å². The summed E-state index contributed by atoms with van der Waals surface area (Å²) in [6, 6.07) is 14.0. The van der Waals surface area contributed by atoms with Gasteiger partial charge in [0.25, 0.3) is 5.91 Å². The lowest BCUT2D eigenvalue weighted by Gasteiger charge is -2.28. The van der Waals surface area contributed by atoms with Gasteiger partial charge in [0.2, 0.25) is 0 Å². The van der Waals surface area contributed by atoms with Crippen molar-refractivity contribution >= 4 is 23.4 Å². The molecule has 0 atom stereocenters. The van der Waals surface area contributed by atoms with Gasteiger partial charge in [-0.1, -0.05) is 18.2 Å². The standard InChI is InChI=1S/C21H18F3N3O3/c22-21(23,24)30-19-4-2-1-3-15(19)13-16(14-25)20(28)26-17-5-7-18(8-6-17)27-9-11-29-12-10-27/h1-8,13H,9-12H2,(H,26,28)/b16-13+. The number of carbonyl (C=O) groups excluding carboxylic acids is 1. The monoisotopic (exact) mass is 417 g/mol. The van der Waals surface area contributed by atoms with Gasteiger partial charge in [0.1, 0.15) is 17.4 Å². The Kier molecular flexibility index (Phi) is 6.59. The molecule has 1 saturated heterocycles. The van der Waals surface area contributed by atoms with E-state index in [1.807, 2.05) is 12.1 Å². The van der Waals surface area contributed by atoms with Gasteiger partial charge in [-0.3, -0.25) is 4.79 Å². The molecule has 2 aromatic rings. The van der Waals surface area contributed by atoms with Crippen LogP contribution in [0.5, 0.6) is 5.75 Å². The van der Waals surface area contributed by atoms with E-state index in [1.54, 1.807) is 18.2 Å². The molecule has 0 aliphatic carbocycles. The number of nitriles is 1. The number of amides is 1. The molecule has 1 amide bonds. The number of benzene rings is 2. The summed E-state index contributed by atoms with van der Waals surface area (Å²) >= 11 is 0. The normalized spacial score (nSPS) is 14.7. The summed E-state index contributed by atoms with van der Waals surface area (Å²) in [5.41, 5.74) is 1.04. The van der Waals surface area contributed by atoms with Gasteiger partial charge in [-0.25, -0.2) is 0 Å². The minimum Gasteiger partial charge on any atom is -0.405 e. The third kappa shape index (κ3) is 5.75. The van der Waals surface area contributed by atoms with E-state index in [0.29, 0.717) is 18.9 Å². The van der Waals surface area contributed by atoms with Crippen LogP contribution in [0.4, 0.5) is 24.5 Å². The minimum atomic E-state index is -4.89. The molecule has 1 heterocycles. The number of hydrogen-bond donors (Lipinski definition) is 1. The van der Waals surface area contributed by atoms with Crippen LogP contribution in [0.2, 0.25) is 0 Å². The van der Waals surface area contributed by atoms with E-state index in [9.17, 15) is 23.2 Å². The van der Waals surface area contributed by atoms with Gasteiger partial charge >= 0.3 is 6.36 Å². The van der Waals surface area contributed by atoms with Crippen molar-refractivity contribution in [3.05, 3.63) is 59.7 Å². The number of nitrogens with one attached hydrogen (secondary N) is 1. The van der Waals surface area contributed by atoms with Crippen molar-refractivity contribution in [2.75, 3.05) is 36.5 Å². The number of halogens is 3. The van der Waals surface area contributed by atoms with Gasteiger partial charge in [0.05, 0.1) is 13.2 Å². The molecule has 1 aliphatic heterocycles. The second-order valence-electron chi connectivity index (χ2n) is 6.36. The molecule has 6 nitrogen and oxygen atoms in total. The van der Waals surface area contributed by atoms with Crippen molar-refractivity contribution in [2.45, 2.75) is 6.36 Å². The van der Waals surface area contributed by atoms with Gasteiger partial charge in [-0.05, 0) is 36.4 Å². The highest BCUT2D eigenvalue weighted by molar-refractivity contribution is 6.09. The number of ether oxygens (including phenoxy) is 2. The zero-order valence-electron chi connectivity index (χ0n) is 15.8. The quantitative estimate of drug-likeness (QED) is 0.589. The van der Waals surface area contributed by atoms with Crippen LogP contribution in [0.25, 0.3) is 6.08 Å². The topological polar surface area (TPSA) is 74.6 Å². The Hall–Kier alpha value is -3.51. The highest BCUT2D eigenvalue weighted by atomic mass is 19.4. The molecule has 9 heteroatoms. The summed E-state index contributed by atoms with van der Waals surface area (Å²) in [6.07, 6.45) is -3.83. The lowest BCUT2D eigenvalue weighted by molar-refractivity contribution is -0.274. The Morgan fingerprint density at radius 1 is 1.13 bits per heavy atom. The fourth-order valence-electron chi connectivity index (χ4n) is 2.90. The van der Waals surface area contributed by atoms with Crippen molar-refractivity contribution < 1.29 is 27.4 Å². The fourth-order valence-corrected chi connectivity index (χ4v) is 2.90. The van der Waals surface area contributed by atoms with E-state index >= 15 is 0 Å². The van der Waals surface area contributed by atoms with Crippen LogP contribution in [-0.2, 0) is 9.53 Å². The lowest BCUT2D eigenvalue weighted by atomic mass is 10.1. The highest BCUT2D eigenvalue weighted by Crippen LogP contribution is 2.28. The minimum absolute atomic E-state index is 0.0378. The van der Waals surface area contributed by atoms with Crippen molar-refractivity contribution in [2.24, 2.45) is 0 Å². The number of morpholine rings is 1. The van der Waals surface area contributed by atoms with Crippen LogP contribution in [-0.4, -0.2) is 38.6 Å². The van der Waals surface area contributed by atoms with E-state index < -0.39 is 18.0 Å². The van der Waals surface area contributed by atoms with Crippen molar-refractivity contribution in [1.82, 2.24) is 0 Å². The molecule has 0 saturated carbocycles. The summed E-state index contributed by atoms with van der Waals surface area (Å²) in [5, 5.41) is 11.9. The van der Waals surface area contributed by atoms with Crippen LogP contribution >= 0.6 is 0 Å². The van der Waals surface area contributed by atoms with Crippen molar-refractivity contribution in [3.8, 4) is 11.8 Å². The van der Waals surface area contributed by atoms with Crippen LogP contribution in [0.15, 0.2) is 54.1 Å². The summed E-state index contributed by atoms with van der Waals surface area (Å²) in [7, 11) is 0. The maximum atomic E-state index is 12.6. The first-order chi connectivity index (χ1) is 14.4. The zero-order chi connectivity index (χ0) is 21.6. The first-order valence-electron chi connectivity index (χ1n) is 9.06. The SMILES string of the molecule is N#C/C(=C\c1ccccc1OC(F)(F)F)C(=O)Nc1ccc(N2CCOCC2)cc1. The molecular formula is C21H18F3N3O3.